The van der Waals surface area contributed by atoms with Gasteiger partial charge in [-0.05, 0) is 13.8 Å². The van der Waals surface area contributed by atoms with E-state index in [1.165, 1.54) is 0 Å². The predicted molar refractivity (Wildman–Crippen MR) is 72.7 cm³/mol. The number of nitrogens with zero attached hydrogens (tertiary/aromatic N) is 2. The SMILES string of the molecule is CCOCCN(CC)C(=O)N1CCOCC1CC(=O)O. The highest BCUT2D eigenvalue weighted by Crippen LogP contribution is 2.13. The van der Waals surface area contributed by atoms with Crippen molar-refractivity contribution in [3.8, 4) is 0 Å². The Morgan fingerprint density at radius 1 is 1.45 bits per heavy atom. The van der Waals surface area contributed by atoms with Crippen molar-refractivity contribution in [3.63, 3.8) is 0 Å². The standard InChI is InChI=1S/C13H24N2O5/c1-3-14(5-7-19-4-2)13(18)15-6-8-20-10-11(15)9-12(16)17/h11H,3-10H2,1-2H3,(H,16,17). The molecule has 0 saturated carbocycles. The number of carbonyl (C=O) groups excluding carboxylic acids is 1. The fraction of sp³-hybridized carbons (Fsp3) is 0.846. The molecule has 0 aromatic rings. The van der Waals surface area contributed by atoms with Gasteiger partial charge in [0.05, 0.1) is 32.3 Å². The van der Waals surface area contributed by atoms with E-state index >= 15 is 0 Å². The molecule has 1 N–H and O–H groups in total. The molecule has 2 amide bonds. The molecule has 20 heavy (non-hydrogen) atoms. The van der Waals surface area contributed by atoms with Crippen LogP contribution in [0.3, 0.4) is 0 Å². The van der Waals surface area contributed by atoms with Crippen LogP contribution in [-0.2, 0) is 14.3 Å². The molecule has 0 aromatic heterocycles. The van der Waals surface area contributed by atoms with E-state index in [-0.39, 0.29) is 19.1 Å². The van der Waals surface area contributed by atoms with Crippen LogP contribution in [0.5, 0.6) is 0 Å². The quantitative estimate of drug-likeness (QED) is 0.695. The summed E-state index contributed by atoms with van der Waals surface area (Å²) >= 11 is 0. The predicted octanol–water partition coefficient (Wildman–Crippen LogP) is 0.640. The molecular formula is C13H24N2O5. The Labute approximate surface area is 119 Å². The normalized spacial score (nSPS) is 18.9. The van der Waals surface area contributed by atoms with Crippen molar-refractivity contribution in [2.45, 2.75) is 26.3 Å². The van der Waals surface area contributed by atoms with Gasteiger partial charge in [0.15, 0.2) is 0 Å². The number of hydrogen-bond acceptors (Lipinski definition) is 4. The van der Waals surface area contributed by atoms with Gasteiger partial charge < -0.3 is 24.4 Å². The first kappa shape index (κ1) is 16.7. The minimum absolute atomic E-state index is 0.0885. The zero-order valence-corrected chi connectivity index (χ0v) is 12.2. The molecule has 1 aliphatic rings. The number of likely N-dealkylation sites (N-methyl/N-ethyl adjacent to an activating group) is 1. The fourth-order valence-electron chi connectivity index (χ4n) is 2.17. The molecule has 1 saturated heterocycles. The van der Waals surface area contributed by atoms with Crippen molar-refractivity contribution in [3.05, 3.63) is 0 Å². The molecule has 0 bridgehead atoms. The lowest BCUT2D eigenvalue weighted by Crippen LogP contribution is -2.54. The zero-order valence-electron chi connectivity index (χ0n) is 12.2. The number of carbonyl (C=O) groups is 2. The molecule has 1 aliphatic heterocycles. The number of rotatable bonds is 7. The van der Waals surface area contributed by atoms with E-state index in [2.05, 4.69) is 0 Å². The molecule has 1 atom stereocenters. The monoisotopic (exact) mass is 288 g/mol. The summed E-state index contributed by atoms with van der Waals surface area (Å²) < 4.78 is 10.5. The van der Waals surface area contributed by atoms with E-state index in [1.807, 2.05) is 13.8 Å². The number of amides is 2. The van der Waals surface area contributed by atoms with Crippen LogP contribution in [0.1, 0.15) is 20.3 Å². The number of aliphatic carboxylic acids is 1. The summed E-state index contributed by atoms with van der Waals surface area (Å²) in [6.45, 7) is 7.16. The second-order valence-corrected chi connectivity index (χ2v) is 4.58. The van der Waals surface area contributed by atoms with Crippen LogP contribution in [0.25, 0.3) is 0 Å². The lowest BCUT2D eigenvalue weighted by molar-refractivity contribution is -0.139. The molecule has 1 fully saturated rings. The van der Waals surface area contributed by atoms with Gasteiger partial charge >= 0.3 is 12.0 Å². The van der Waals surface area contributed by atoms with E-state index in [9.17, 15) is 9.59 Å². The first-order valence-corrected chi connectivity index (χ1v) is 7.02. The van der Waals surface area contributed by atoms with Gasteiger partial charge in [0.2, 0.25) is 0 Å². The highest BCUT2D eigenvalue weighted by atomic mass is 16.5. The maximum absolute atomic E-state index is 12.5. The summed E-state index contributed by atoms with van der Waals surface area (Å²) in [5.41, 5.74) is 0. The van der Waals surface area contributed by atoms with Gasteiger partial charge in [-0.3, -0.25) is 4.79 Å². The average molecular weight is 288 g/mol. The number of carboxylic acids is 1. The maximum Gasteiger partial charge on any atom is 0.320 e. The highest BCUT2D eigenvalue weighted by Gasteiger charge is 2.31. The lowest BCUT2D eigenvalue weighted by atomic mass is 10.1. The van der Waals surface area contributed by atoms with E-state index in [0.29, 0.717) is 39.5 Å². The second-order valence-electron chi connectivity index (χ2n) is 4.58. The summed E-state index contributed by atoms with van der Waals surface area (Å²) in [5.74, 6) is -0.921. The van der Waals surface area contributed by atoms with Crippen molar-refractivity contribution in [2.75, 3.05) is 46.1 Å². The number of urea groups is 1. The molecule has 1 unspecified atom stereocenters. The second kappa shape index (κ2) is 8.76. The van der Waals surface area contributed by atoms with Crippen molar-refractivity contribution < 1.29 is 24.2 Å². The van der Waals surface area contributed by atoms with Crippen molar-refractivity contribution in [2.24, 2.45) is 0 Å². The van der Waals surface area contributed by atoms with E-state index in [0.717, 1.165) is 0 Å². The fourth-order valence-corrected chi connectivity index (χ4v) is 2.17. The Kier molecular flexibility index (Phi) is 7.32. The van der Waals surface area contributed by atoms with Gasteiger partial charge in [-0.2, -0.15) is 0 Å². The van der Waals surface area contributed by atoms with Gasteiger partial charge in [0, 0.05) is 26.2 Å². The Morgan fingerprint density at radius 2 is 2.20 bits per heavy atom. The topological polar surface area (TPSA) is 79.3 Å². The van der Waals surface area contributed by atoms with Crippen molar-refractivity contribution >= 4 is 12.0 Å². The third-order valence-electron chi connectivity index (χ3n) is 3.25. The molecule has 1 heterocycles. The Hall–Kier alpha value is -1.34. The third kappa shape index (κ3) is 4.97. The van der Waals surface area contributed by atoms with E-state index in [1.54, 1.807) is 9.80 Å². The van der Waals surface area contributed by atoms with Crippen LogP contribution in [0.15, 0.2) is 0 Å². The van der Waals surface area contributed by atoms with Gasteiger partial charge in [-0.15, -0.1) is 0 Å². The zero-order chi connectivity index (χ0) is 15.0. The number of hydrogen-bond donors (Lipinski definition) is 1. The molecule has 0 aliphatic carbocycles. The van der Waals surface area contributed by atoms with Crippen molar-refractivity contribution in [1.29, 1.82) is 0 Å². The largest absolute Gasteiger partial charge is 0.481 e. The smallest absolute Gasteiger partial charge is 0.320 e. The molecular weight excluding hydrogens is 264 g/mol. The van der Waals surface area contributed by atoms with Gasteiger partial charge in [-0.1, -0.05) is 0 Å². The van der Waals surface area contributed by atoms with Gasteiger partial charge in [0.1, 0.15) is 0 Å². The minimum Gasteiger partial charge on any atom is -0.481 e. The summed E-state index contributed by atoms with van der Waals surface area (Å²) in [7, 11) is 0. The van der Waals surface area contributed by atoms with E-state index < -0.39 is 12.0 Å². The van der Waals surface area contributed by atoms with Crippen LogP contribution in [0.4, 0.5) is 4.79 Å². The molecule has 0 spiro atoms. The van der Waals surface area contributed by atoms with E-state index in [4.69, 9.17) is 14.6 Å². The average Bonchev–Trinajstić information content (AvgIpc) is 2.43. The Balaban J connectivity index is 2.61. The van der Waals surface area contributed by atoms with Crippen LogP contribution < -0.4 is 0 Å². The van der Waals surface area contributed by atoms with Gasteiger partial charge in [0.25, 0.3) is 0 Å². The molecule has 7 nitrogen and oxygen atoms in total. The van der Waals surface area contributed by atoms with Crippen LogP contribution in [0.2, 0.25) is 0 Å². The first-order chi connectivity index (χ1) is 9.60. The number of ether oxygens (including phenoxy) is 2. The Bertz CT molecular complexity index is 324. The molecule has 116 valence electrons. The Morgan fingerprint density at radius 3 is 2.80 bits per heavy atom. The first-order valence-electron chi connectivity index (χ1n) is 7.02. The number of carboxylic acid groups (broad SMARTS) is 1. The number of morpholine rings is 1. The lowest BCUT2D eigenvalue weighted by Gasteiger charge is -2.38. The molecule has 0 radical (unpaired) electrons. The van der Waals surface area contributed by atoms with Crippen molar-refractivity contribution in [1.82, 2.24) is 9.80 Å². The summed E-state index contributed by atoms with van der Waals surface area (Å²) in [5, 5.41) is 8.91. The van der Waals surface area contributed by atoms with Crippen LogP contribution >= 0.6 is 0 Å². The summed E-state index contributed by atoms with van der Waals surface area (Å²) in [6.07, 6.45) is -0.0885. The highest BCUT2D eigenvalue weighted by molar-refractivity contribution is 5.76. The molecule has 1 rings (SSSR count). The summed E-state index contributed by atoms with van der Waals surface area (Å²) in [6, 6.07) is -0.531. The maximum atomic E-state index is 12.5. The third-order valence-corrected chi connectivity index (χ3v) is 3.25. The van der Waals surface area contributed by atoms with Gasteiger partial charge in [-0.25, -0.2) is 4.79 Å². The van der Waals surface area contributed by atoms with Crippen LogP contribution in [0, 0.1) is 0 Å². The minimum atomic E-state index is -0.921. The molecule has 7 heteroatoms. The molecule has 0 aromatic carbocycles. The summed E-state index contributed by atoms with van der Waals surface area (Å²) in [4.78, 5) is 26.6. The van der Waals surface area contributed by atoms with Crippen LogP contribution in [-0.4, -0.2) is 79.0 Å².